The summed E-state index contributed by atoms with van der Waals surface area (Å²) in [6.45, 7) is 3.39. The minimum absolute atomic E-state index is 0.0787. The third-order valence-electron chi connectivity index (χ3n) is 2.85. The van der Waals surface area contributed by atoms with Gasteiger partial charge in [-0.2, -0.15) is 5.10 Å². The lowest BCUT2D eigenvalue weighted by Gasteiger charge is -2.11. The van der Waals surface area contributed by atoms with E-state index >= 15 is 0 Å². The van der Waals surface area contributed by atoms with Gasteiger partial charge in [-0.25, -0.2) is 0 Å². The van der Waals surface area contributed by atoms with E-state index in [4.69, 9.17) is 11.6 Å². The second kappa shape index (κ2) is 6.39. The molecule has 0 saturated carbocycles. The average molecular weight is 377 g/mol. The zero-order valence-electron chi connectivity index (χ0n) is 11.5. The SMILES string of the molecule is Cc1cc(C(=O)c2c(Cl)cnn2CCN(C)C)sc1Br. The van der Waals surface area contributed by atoms with Crippen molar-refractivity contribution in [1.29, 1.82) is 0 Å². The van der Waals surface area contributed by atoms with E-state index in [0.717, 1.165) is 15.9 Å². The van der Waals surface area contributed by atoms with Crippen molar-refractivity contribution in [2.24, 2.45) is 0 Å². The number of hydrogen-bond acceptors (Lipinski definition) is 4. The van der Waals surface area contributed by atoms with Crippen LogP contribution in [0.4, 0.5) is 0 Å². The number of hydrogen-bond donors (Lipinski definition) is 0. The lowest BCUT2D eigenvalue weighted by atomic mass is 10.2. The van der Waals surface area contributed by atoms with Gasteiger partial charge in [0.15, 0.2) is 0 Å². The van der Waals surface area contributed by atoms with Gasteiger partial charge < -0.3 is 4.90 Å². The third-order valence-corrected chi connectivity index (χ3v) is 5.26. The Morgan fingerprint density at radius 2 is 2.25 bits per heavy atom. The van der Waals surface area contributed by atoms with Crippen molar-refractivity contribution in [1.82, 2.24) is 14.7 Å². The number of halogens is 2. The Labute approximate surface area is 135 Å². The maximum atomic E-state index is 12.6. The first kappa shape index (κ1) is 15.7. The van der Waals surface area contributed by atoms with Gasteiger partial charge in [0.05, 0.1) is 26.4 Å². The molecule has 2 heterocycles. The van der Waals surface area contributed by atoms with Crippen LogP contribution >= 0.6 is 38.9 Å². The summed E-state index contributed by atoms with van der Waals surface area (Å²) in [7, 11) is 3.96. The van der Waals surface area contributed by atoms with E-state index < -0.39 is 0 Å². The first-order chi connectivity index (χ1) is 9.40. The van der Waals surface area contributed by atoms with E-state index in [2.05, 4.69) is 21.0 Å². The normalized spacial score (nSPS) is 11.3. The van der Waals surface area contributed by atoms with Crippen LogP contribution in [-0.2, 0) is 6.54 Å². The van der Waals surface area contributed by atoms with Crippen LogP contribution in [0.2, 0.25) is 5.02 Å². The molecule has 0 aliphatic rings. The number of aromatic nitrogens is 2. The van der Waals surface area contributed by atoms with Crippen LogP contribution in [-0.4, -0.2) is 41.1 Å². The van der Waals surface area contributed by atoms with Crippen LogP contribution in [0.1, 0.15) is 20.9 Å². The van der Waals surface area contributed by atoms with Gasteiger partial charge in [-0.15, -0.1) is 11.3 Å². The van der Waals surface area contributed by atoms with Gasteiger partial charge in [0.2, 0.25) is 5.78 Å². The first-order valence-corrected chi connectivity index (χ1v) is 8.05. The topological polar surface area (TPSA) is 38.1 Å². The summed E-state index contributed by atoms with van der Waals surface area (Å²) < 4.78 is 2.64. The zero-order valence-corrected chi connectivity index (χ0v) is 14.6. The van der Waals surface area contributed by atoms with E-state index in [0.29, 0.717) is 22.1 Å². The minimum Gasteiger partial charge on any atom is -0.308 e. The Bertz CT molecular complexity index is 616. The summed E-state index contributed by atoms with van der Waals surface area (Å²) in [6, 6.07) is 1.87. The molecule has 7 heteroatoms. The summed E-state index contributed by atoms with van der Waals surface area (Å²) in [5.74, 6) is -0.0787. The van der Waals surface area contributed by atoms with Gasteiger partial charge in [0, 0.05) is 6.54 Å². The van der Waals surface area contributed by atoms with Crippen LogP contribution in [0.25, 0.3) is 0 Å². The highest BCUT2D eigenvalue weighted by Gasteiger charge is 2.21. The van der Waals surface area contributed by atoms with Gasteiger partial charge in [0.25, 0.3) is 0 Å². The van der Waals surface area contributed by atoms with Crippen LogP contribution in [0.5, 0.6) is 0 Å². The van der Waals surface area contributed by atoms with Crippen molar-refractivity contribution in [3.63, 3.8) is 0 Å². The zero-order chi connectivity index (χ0) is 14.9. The van der Waals surface area contributed by atoms with E-state index in [1.54, 1.807) is 4.68 Å². The van der Waals surface area contributed by atoms with Crippen molar-refractivity contribution < 1.29 is 4.79 Å². The van der Waals surface area contributed by atoms with Crippen LogP contribution < -0.4 is 0 Å². The van der Waals surface area contributed by atoms with Crippen LogP contribution in [0, 0.1) is 6.92 Å². The fourth-order valence-electron chi connectivity index (χ4n) is 1.74. The molecule has 2 rings (SSSR count). The van der Waals surface area contributed by atoms with Crippen molar-refractivity contribution in [3.8, 4) is 0 Å². The molecule has 108 valence electrons. The number of rotatable bonds is 5. The van der Waals surface area contributed by atoms with Crippen molar-refractivity contribution in [3.05, 3.63) is 37.2 Å². The van der Waals surface area contributed by atoms with Crippen LogP contribution in [0.3, 0.4) is 0 Å². The molecular weight excluding hydrogens is 362 g/mol. The van der Waals surface area contributed by atoms with Gasteiger partial charge in [-0.1, -0.05) is 11.6 Å². The number of carbonyl (C=O) groups excluding carboxylic acids is 1. The quantitative estimate of drug-likeness (QED) is 0.750. The van der Waals surface area contributed by atoms with Crippen molar-refractivity contribution in [2.45, 2.75) is 13.5 Å². The molecule has 4 nitrogen and oxygen atoms in total. The number of aryl methyl sites for hydroxylation is 1. The molecule has 0 N–H and O–H groups in total. The van der Waals surface area contributed by atoms with Crippen molar-refractivity contribution in [2.75, 3.05) is 20.6 Å². The number of nitrogens with zero attached hydrogens (tertiary/aromatic N) is 3. The highest BCUT2D eigenvalue weighted by molar-refractivity contribution is 9.11. The molecule has 0 amide bonds. The maximum absolute atomic E-state index is 12.6. The smallest absolute Gasteiger partial charge is 0.222 e. The molecule has 2 aromatic heterocycles. The largest absolute Gasteiger partial charge is 0.308 e. The lowest BCUT2D eigenvalue weighted by Crippen LogP contribution is -2.21. The number of ketones is 1. The molecule has 20 heavy (non-hydrogen) atoms. The molecule has 0 atom stereocenters. The number of likely N-dealkylation sites (N-methyl/N-ethyl adjacent to an activating group) is 1. The molecule has 0 aliphatic heterocycles. The average Bonchev–Trinajstić information content (AvgIpc) is 2.90. The standard InChI is InChI=1S/C13H15BrClN3OS/c1-8-6-10(20-13(8)14)12(19)11-9(15)7-16-18(11)5-4-17(2)3/h6-7H,4-5H2,1-3H3. The summed E-state index contributed by atoms with van der Waals surface area (Å²) in [4.78, 5) is 15.3. The predicted molar refractivity (Wildman–Crippen MR) is 86.0 cm³/mol. The fraction of sp³-hybridized carbons (Fsp3) is 0.385. The predicted octanol–water partition coefficient (Wildman–Crippen LogP) is 3.46. The van der Waals surface area contributed by atoms with E-state index in [1.165, 1.54) is 17.5 Å². The lowest BCUT2D eigenvalue weighted by molar-refractivity contribution is 0.103. The maximum Gasteiger partial charge on any atom is 0.222 e. The Balaban J connectivity index is 2.31. The molecule has 0 radical (unpaired) electrons. The Morgan fingerprint density at radius 1 is 1.55 bits per heavy atom. The van der Waals surface area contributed by atoms with E-state index in [-0.39, 0.29) is 5.78 Å². The van der Waals surface area contributed by atoms with Gasteiger partial charge in [0.1, 0.15) is 5.69 Å². The Hall–Kier alpha value is -0.690. The highest BCUT2D eigenvalue weighted by Crippen LogP contribution is 2.30. The van der Waals surface area contributed by atoms with Gasteiger partial charge in [-0.3, -0.25) is 9.48 Å². The highest BCUT2D eigenvalue weighted by atomic mass is 79.9. The molecule has 0 saturated heterocycles. The second-order valence-corrected chi connectivity index (χ2v) is 7.54. The summed E-state index contributed by atoms with van der Waals surface area (Å²) >= 11 is 11.0. The second-order valence-electron chi connectivity index (χ2n) is 4.76. The molecule has 0 unspecified atom stereocenters. The van der Waals surface area contributed by atoms with Gasteiger partial charge in [-0.05, 0) is 48.6 Å². The molecule has 0 aliphatic carbocycles. The fourth-order valence-corrected chi connectivity index (χ4v) is 3.44. The summed E-state index contributed by atoms with van der Waals surface area (Å²) in [5.41, 5.74) is 1.51. The molecule has 0 fully saturated rings. The molecular formula is C13H15BrClN3OS. The Morgan fingerprint density at radius 3 is 2.80 bits per heavy atom. The van der Waals surface area contributed by atoms with Crippen LogP contribution in [0.15, 0.2) is 16.0 Å². The minimum atomic E-state index is -0.0787. The summed E-state index contributed by atoms with van der Waals surface area (Å²) in [5, 5.41) is 4.59. The number of thiophene rings is 1. The Kier molecular flexibility index (Phi) is 5.01. The molecule has 0 aromatic carbocycles. The van der Waals surface area contributed by atoms with E-state index in [9.17, 15) is 4.79 Å². The third kappa shape index (κ3) is 3.31. The molecule has 0 bridgehead atoms. The van der Waals surface area contributed by atoms with Gasteiger partial charge >= 0.3 is 0 Å². The van der Waals surface area contributed by atoms with E-state index in [1.807, 2.05) is 32.0 Å². The van der Waals surface area contributed by atoms with Crippen molar-refractivity contribution >= 4 is 44.7 Å². The summed E-state index contributed by atoms with van der Waals surface area (Å²) in [6.07, 6.45) is 1.53. The molecule has 2 aromatic rings. The first-order valence-electron chi connectivity index (χ1n) is 6.07. The molecule has 0 spiro atoms. The monoisotopic (exact) mass is 375 g/mol. The number of carbonyl (C=O) groups is 1.